The Labute approximate surface area is 58.6 Å². The van der Waals surface area contributed by atoms with E-state index in [1.54, 1.807) is 0 Å². The topological polar surface area (TPSA) is 110 Å². The average molecular weight is 148 g/mol. The molecule has 0 saturated carbocycles. The Kier molecular flexibility index (Phi) is 3.94. The van der Waals surface area contributed by atoms with Crippen molar-refractivity contribution in [3.8, 4) is 0 Å². The summed E-state index contributed by atoms with van der Waals surface area (Å²) in [7, 11) is 0. The van der Waals surface area contributed by atoms with Crippen molar-refractivity contribution in [2.45, 2.75) is 18.6 Å². The first-order valence-electron chi connectivity index (χ1n) is 2.91. The maximum atomic E-state index is 10.2. The summed E-state index contributed by atoms with van der Waals surface area (Å²) in [6.45, 7) is -0.260. The highest BCUT2D eigenvalue weighted by Gasteiger charge is 2.14. The third-order valence-electron chi connectivity index (χ3n) is 1.09. The van der Waals surface area contributed by atoms with Crippen LogP contribution in [0.25, 0.3) is 0 Å². The molecule has 2 atom stereocenters. The molecule has 0 radical (unpaired) electrons. The SMILES string of the molecule is NC(=O)C(O)CC(N)CO. The minimum Gasteiger partial charge on any atom is -0.395 e. The van der Waals surface area contributed by atoms with E-state index in [-0.39, 0.29) is 13.0 Å². The zero-order chi connectivity index (χ0) is 8.15. The average Bonchev–Trinajstić information content (AvgIpc) is 1.87. The minimum absolute atomic E-state index is 0.00579. The Bertz CT molecular complexity index is 117. The van der Waals surface area contributed by atoms with Gasteiger partial charge < -0.3 is 21.7 Å². The van der Waals surface area contributed by atoms with Crippen molar-refractivity contribution in [3.63, 3.8) is 0 Å². The molecule has 0 aliphatic carbocycles. The van der Waals surface area contributed by atoms with Gasteiger partial charge in [-0.1, -0.05) is 0 Å². The Morgan fingerprint density at radius 3 is 2.40 bits per heavy atom. The molecule has 0 aromatic rings. The molecule has 10 heavy (non-hydrogen) atoms. The van der Waals surface area contributed by atoms with E-state index in [9.17, 15) is 4.79 Å². The maximum absolute atomic E-state index is 10.2. The zero-order valence-electron chi connectivity index (χ0n) is 5.53. The number of carbonyl (C=O) groups is 1. The Morgan fingerprint density at radius 1 is 1.60 bits per heavy atom. The van der Waals surface area contributed by atoms with E-state index >= 15 is 0 Å². The molecule has 2 unspecified atom stereocenters. The Morgan fingerprint density at radius 2 is 2.10 bits per heavy atom. The molecule has 5 heteroatoms. The van der Waals surface area contributed by atoms with E-state index < -0.39 is 18.1 Å². The first kappa shape index (κ1) is 9.35. The molecule has 1 amide bonds. The molecule has 0 aromatic heterocycles. The summed E-state index contributed by atoms with van der Waals surface area (Å²) in [5.41, 5.74) is 9.91. The van der Waals surface area contributed by atoms with Crippen LogP contribution >= 0.6 is 0 Å². The predicted molar refractivity (Wildman–Crippen MR) is 34.9 cm³/mol. The second-order valence-electron chi connectivity index (χ2n) is 2.10. The van der Waals surface area contributed by atoms with Gasteiger partial charge in [-0.3, -0.25) is 4.79 Å². The van der Waals surface area contributed by atoms with Gasteiger partial charge in [0.15, 0.2) is 0 Å². The fourth-order valence-electron chi connectivity index (χ4n) is 0.477. The van der Waals surface area contributed by atoms with Crippen LogP contribution < -0.4 is 11.5 Å². The number of rotatable bonds is 4. The smallest absolute Gasteiger partial charge is 0.246 e. The number of hydrogen-bond acceptors (Lipinski definition) is 4. The van der Waals surface area contributed by atoms with Crippen LogP contribution in [0.3, 0.4) is 0 Å². The fourth-order valence-corrected chi connectivity index (χ4v) is 0.477. The number of carbonyl (C=O) groups excluding carboxylic acids is 1. The summed E-state index contributed by atoms with van der Waals surface area (Å²) in [6, 6.07) is -0.581. The van der Waals surface area contributed by atoms with Crippen molar-refractivity contribution in [3.05, 3.63) is 0 Å². The number of hydrogen-bond donors (Lipinski definition) is 4. The van der Waals surface area contributed by atoms with E-state index in [0.717, 1.165) is 0 Å². The van der Waals surface area contributed by atoms with Crippen LogP contribution in [0, 0.1) is 0 Å². The van der Waals surface area contributed by atoms with Gasteiger partial charge in [0.1, 0.15) is 6.10 Å². The van der Waals surface area contributed by atoms with E-state index in [2.05, 4.69) is 0 Å². The lowest BCUT2D eigenvalue weighted by molar-refractivity contribution is -0.126. The van der Waals surface area contributed by atoms with Gasteiger partial charge in [0.2, 0.25) is 5.91 Å². The number of amides is 1. The summed E-state index contributed by atoms with van der Waals surface area (Å²) in [5.74, 6) is -0.816. The normalized spacial score (nSPS) is 16.3. The first-order chi connectivity index (χ1) is 4.57. The van der Waals surface area contributed by atoms with Crippen molar-refractivity contribution in [2.24, 2.45) is 11.5 Å². The van der Waals surface area contributed by atoms with Gasteiger partial charge in [0.05, 0.1) is 6.61 Å². The number of aliphatic hydroxyl groups excluding tert-OH is 2. The van der Waals surface area contributed by atoms with Gasteiger partial charge in [-0.2, -0.15) is 0 Å². The standard InChI is InChI=1S/C5H12N2O3/c6-3(2-8)1-4(9)5(7)10/h3-4,8-9H,1-2,6H2,(H2,7,10). The number of primary amides is 1. The maximum Gasteiger partial charge on any atom is 0.246 e. The molecule has 0 aliphatic heterocycles. The molecule has 6 N–H and O–H groups in total. The molecule has 0 aromatic carbocycles. The van der Waals surface area contributed by atoms with Crippen LogP contribution in [-0.4, -0.2) is 34.9 Å². The highest BCUT2D eigenvalue weighted by Crippen LogP contribution is 1.93. The number of nitrogens with two attached hydrogens (primary N) is 2. The second kappa shape index (κ2) is 4.21. The molecule has 5 nitrogen and oxygen atoms in total. The summed E-state index contributed by atoms with van der Waals surface area (Å²) in [5, 5.41) is 17.1. The predicted octanol–water partition coefficient (Wildman–Crippen LogP) is -2.46. The van der Waals surface area contributed by atoms with Crippen molar-refractivity contribution in [2.75, 3.05) is 6.61 Å². The molecule has 0 rings (SSSR count). The van der Waals surface area contributed by atoms with Crippen LogP contribution in [0.15, 0.2) is 0 Å². The van der Waals surface area contributed by atoms with Crippen LogP contribution in [0.1, 0.15) is 6.42 Å². The third-order valence-corrected chi connectivity index (χ3v) is 1.09. The van der Waals surface area contributed by atoms with Crippen LogP contribution in [0.5, 0.6) is 0 Å². The summed E-state index contributed by atoms with van der Waals surface area (Å²) in [4.78, 5) is 10.2. The van der Waals surface area contributed by atoms with Crippen molar-refractivity contribution in [1.29, 1.82) is 0 Å². The minimum atomic E-state index is -1.25. The fraction of sp³-hybridized carbons (Fsp3) is 0.800. The molecule has 0 fully saturated rings. The van der Waals surface area contributed by atoms with Crippen molar-refractivity contribution < 1.29 is 15.0 Å². The summed E-state index contributed by atoms with van der Waals surface area (Å²) >= 11 is 0. The van der Waals surface area contributed by atoms with Crippen LogP contribution in [0.4, 0.5) is 0 Å². The first-order valence-corrected chi connectivity index (χ1v) is 2.91. The third kappa shape index (κ3) is 3.39. The highest BCUT2D eigenvalue weighted by molar-refractivity contribution is 5.78. The van der Waals surface area contributed by atoms with E-state index in [0.29, 0.717) is 0 Å². The van der Waals surface area contributed by atoms with Gasteiger partial charge in [-0.25, -0.2) is 0 Å². The molecule has 0 saturated heterocycles. The highest BCUT2D eigenvalue weighted by atomic mass is 16.3. The van der Waals surface area contributed by atoms with Crippen LogP contribution in [-0.2, 0) is 4.79 Å². The second-order valence-corrected chi connectivity index (χ2v) is 2.10. The molecule has 0 bridgehead atoms. The van der Waals surface area contributed by atoms with E-state index in [4.69, 9.17) is 21.7 Å². The van der Waals surface area contributed by atoms with Crippen molar-refractivity contribution >= 4 is 5.91 Å². The van der Waals surface area contributed by atoms with Gasteiger partial charge in [-0.05, 0) is 6.42 Å². The molecular weight excluding hydrogens is 136 g/mol. The van der Waals surface area contributed by atoms with Gasteiger partial charge in [-0.15, -0.1) is 0 Å². The lowest BCUT2D eigenvalue weighted by atomic mass is 10.1. The quantitative estimate of drug-likeness (QED) is 0.354. The van der Waals surface area contributed by atoms with Gasteiger partial charge >= 0.3 is 0 Å². The van der Waals surface area contributed by atoms with Crippen LogP contribution in [0.2, 0.25) is 0 Å². The largest absolute Gasteiger partial charge is 0.395 e. The molecule has 0 heterocycles. The lowest BCUT2D eigenvalue weighted by Crippen LogP contribution is -2.36. The zero-order valence-corrected chi connectivity index (χ0v) is 5.53. The Balaban J connectivity index is 3.56. The number of aliphatic hydroxyl groups is 2. The van der Waals surface area contributed by atoms with E-state index in [1.165, 1.54) is 0 Å². The van der Waals surface area contributed by atoms with Crippen molar-refractivity contribution in [1.82, 2.24) is 0 Å². The summed E-state index contributed by atoms with van der Waals surface area (Å²) in [6.07, 6.45) is -1.24. The van der Waals surface area contributed by atoms with E-state index in [1.807, 2.05) is 0 Å². The van der Waals surface area contributed by atoms with Gasteiger partial charge in [0.25, 0.3) is 0 Å². The Hall–Kier alpha value is -0.650. The lowest BCUT2D eigenvalue weighted by Gasteiger charge is -2.10. The molecular formula is C5H12N2O3. The molecule has 60 valence electrons. The monoisotopic (exact) mass is 148 g/mol. The summed E-state index contributed by atoms with van der Waals surface area (Å²) < 4.78 is 0. The van der Waals surface area contributed by atoms with Gasteiger partial charge in [0, 0.05) is 6.04 Å². The molecule has 0 aliphatic rings. The molecule has 0 spiro atoms.